The first-order valence-electron chi connectivity index (χ1n) is 7.02. The van der Waals surface area contributed by atoms with Gasteiger partial charge in [-0.3, -0.25) is 0 Å². The van der Waals surface area contributed by atoms with Gasteiger partial charge in [0.2, 0.25) is 0 Å². The Hall–Kier alpha value is -1.35. The first-order chi connectivity index (χ1) is 9.75. The van der Waals surface area contributed by atoms with Crippen molar-refractivity contribution in [2.75, 3.05) is 0 Å². The minimum absolute atomic E-state index is 0.156. The fourth-order valence-electron chi connectivity index (χ4n) is 2.08. The summed E-state index contributed by atoms with van der Waals surface area (Å²) in [7, 11) is 0. The highest BCUT2D eigenvalue weighted by Gasteiger charge is 2.23. The first-order valence-corrected chi connectivity index (χ1v) is 6.34. The van der Waals surface area contributed by atoms with Gasteiger partial charge in [0.1, 0.15) is 0 Å². The van der Waals surface area contributed by atoms with E-state index in [0.29, 0.717) is 10.5 Å². The molecule has 0 N–H and O–H groups in total. The summed E-state index contributed by atoms with van der Waals surface area (Å²) in [5.74, 6) is -3.66. The van der Waals surface area contributed by atoms with Crippen LogP contribution in [0.3, 0.4) is 0 Å². The quantitative estimate of drug-likeness (QED) is 0.664. The Labute approximate surface area is 113 Å². The Balaban J connectivity index is 2.41. The lowest BCUT2D eigenvalue weighted by atomic mass is 9.90. The third-order valence-electron chi connectivity index (χ3n) is 3.05. The maximum atomic E-state index is 14.2. The predicted molar refractivity (Wildman–Crippen MR) is 69.9 cm³/mol. The molecule has 0 bridgehead atoms. The number of rotatable bonds is 0. The van der Waals surface area contributed by atoms with E-state index in [1.54, 1.807) is 31.2 Å². The van der Waals surface area contributed by atoms with Crippen LogP contribution in [-0.2, 0) is 5.70 Å². The molecule has 0 nitrogen and oxygen atoms in total. The number of hydrogen-bond donors (Lipinski definition) is 0. The standard InChI is InChI=1S/C15H12F2S/c1-9-10-6-7-13(16)15(17)12(10)8-18-14-5-3-2-4-11(9)14/h2-7,9H,8H2,1H3/t9-/m0/s1/i8D2,9D. The fraction of sp³-hybridized carbons (Fsp3) is 0.200. The maximum absolute atomic E-state index is 14.2. The molecule has 3 rings (SSSR count). The van der Waals surface area contributed by atoms with Crippen molar-refractivity contribution in [3.05, 3.63) is 64.7 Å². The van der Waals surface area contributed by atoms with Crippen LogP contribution in [0.1, 0.15) is 33.6 Å². The molecule has 0 amide bonds. The summed E-state index contributed by atoms with van der Waals surface area (Å²) in [5, 5.41) is 0. The number of benzene rings is 2. The van der Waals surface area contributed by atoms with E-state index in [-0.39, 0.29) is 11.1 Å². The zero-order valence-electron chi connectivity index (χ0n) is 12.6. The smallest absolute Gasteiger partial charge is 0.163 e. The molecule has 2 aromatic carbocycles. The van der Waals surface area contributed by atoms with Crippen LogP contribution in [0.2, 0.25) is 0 Å². The van der Waals surface area contributed by atoms with Crippen molar-refractivity contribution < 1.29 is 12.9 Å². The molecule has 0 aromatic heterocycles. The molecular formula is C15H12F2S. The highest BCUT2D eigenvalue weighted by atomic mass is 32.2. The van der Waals surface area contributed by atoms with E-state index in [0.717, 1.165) is 17.8 Å². The monoisotopic (exact) mass is 265 g/mol. The minimum Gasteiger partial charge on any atom is -0.204 e. The van der Waals surface area contributed by atoms with Gasteiger partial charge in [-0.25, -0.2) is 8.78 Å². The van der Waals surface area contributed by atoms with E-state index in [1.807, 2.05) is 0 Å². The summed E-state index contributed by atoms with van der Waals surface area (Å²) in [4.78, 5) is 0.566. The Bertz CT molecular complexity index is 729. The predicted octanol–water partition coefficient (Wildman–Crippen LogP) is 4.72. The SMILES string of the molecule is [2H]C1([2H])Sc2ccccc2[C@@]([2H])(C)c2ccc(F)c(F)c21. The van der Waals surface area contributed by atoms with Crippen LogP contribution in [0.25, 0.3) is 0 Å². The van der Waals surface area contributed by atoms with Crippen molar-refractivity contribution in [2.24, 2.45) is 0 Å². The normalized spacial score (nSPS) is 27.2. The molecule has 0 spiro atoms. The van der Waals surface area contributed by atoms with E-state index in [1.165, 1.54) is 6.07 Å². The van der Waals surface area contributed by atoms with Crippen molar-refractivity contribution in [2.45, 2.75) is 23.4 Å². The molecule has 0 saturated heterocycles. The van der Waals surface area contributed by atoms with Crippen LogP contribution in [0, 0.1) is 11.6 Å². The van der Waals surface area contributed by atoms with Gasteiger partial charge in [-0.05, 0) is 23.3 Å². The Kier molecular flexibility index (Phi) is 2.12. The topological polar surface area (TPSA) is 0 Å². The van der Waals surface area contributed by atoms with Crippen molar-refractivity contribution in [1.82, 2.24) is 0 Å². The van der Waals surface area contributed by atoms with E-state index < -0.39 is 23.2 Å². The van der Waals surface area contributed by atoms with Gasteiger partial charge < -0.3 is 0 Å². The summed E-state index contributed by atoms with van der Waals surface area (Å²) in [6.45, 7) is 1.57. The highest BCUT2D eigenvalue weighted by Crippen LogP contribution is 2.41. The van der Waals surface area contributed by atoms with Gasteiger partial charge >= 0.3 is 0 Å². The molecule has 1 heterocycles. The molecular weight excluding hydrogens is 250 g/mol. The summed E-state index contributed by atoms with van der Waals surface area (Å²) in [6, 6.07) is 9.18. The number of hydrogen-bond acceptors (Lipinski definition) is 1. The Morgan fingerprint density at radius 3 is 2.83 bits per heavy atom. The molecule has 1 aliphatic heterocycles. The summed E-state index contributed by atoms with van der Waals surface area (Å²) < 4.78 is 52.6. The zero-order chi connectivity index (χ0) is 15.4. The number of fused-ring (bicyclic) bond motifs is 2. The fourth-order valence-corrected chi connectivity index (χ4v) is 2.97. The molecule has 0 unspecified atom stereocenters. The van der Waals surface area contributed by atoms with Gasteiger partial charge in [0.15, 0.2) is 11.6 Å². The third kappa shape index (κ3) is 1.74. The lowest BCUT2D eigenvalue weighted by Gasteiger charge is -2.15. The van der Waals surface area contributed by atoms with Crippen molar-refractivity contribution >= 4 is 11.8 Å². The van der Waals surface area contributed by atoms with E-state index >= 15 is 0 Å². The van der Waals surface area contributed by atoms with Gasteiger partial charge in [-0.1, -0.05) is 31.2 Å². The van der Waals surface area contributed by atoms with Crippen LogP contribution < -0.4 is 0 Å². The van der Waals surface area contributed by atoms with Gasteiger partial charge in [-0.2, -0.15) is 0 Å². The van der Waals surface area contributed by atoms with Gasteiger partial charge in [0.25, 0.3) is 0 Å². The molecule has 0 saturated carbocycles. The lowest BCUT2D eigenvalue weighted by Crippen LogP contribution is -2.02. The zero-order valence-corrected chi connectivity index (χ0v) is 10.4. The third-order valence-corrected chi connectivity index (χ3v) is 3.94. The second kappa shape index (κ2) is 4.39. The summed E-state index contributed by atoms with van der Waals surface area (Å²) in [5.41, 5.74) is -1.77. The lowest BCUT2D eigenvalue weighted by molar-refractivity contribution is 0.500. The number of halogens is 2. The molecule has 92 valence electrons. The average molecular weight is 265 g/mol. The molecule has 3 heteroatoms. The molecule has 1 atom stereocenters. The molecule has 0 fully saturated rings. The maximum Gasteiger partial charge on any atom is 0.163 e. The van der Waals surface area contributed by atoms with Gasteiger partial charge in [-0.15, -0.1) is 11.8 Å². The Morgan fingerprint density at radius 1 is 1.22 bits per heavy atom. The van der Waals surface area contributed by atoms with E-state index in [2.05, 4.69) is 0 Å². The van der Waals surface area contributed by atoms with Gasteiger partial charge in [0, 0.05) is 26.2 Å². The molecule has 1 aliphatic rings. The molecule has 18 heavy (non-hydrogen) atoms. The van der Waals surface area contributed by atoms with Crippen LogP contribution in [-0.4, -0.2) is 0 Å². The van der Waals surface area contributed by atoms with Crippen LogP contribution >= 0.6 is 11.8 Å². The van der Waals surface area contributed by atoms with Crippen LogP contribution in [0.4, 0.5) is 8.78 Å². The van der Waals surface area contributed by atoms with Crippen molar-refractivity contribution in [3.63, 3.8) is 0 Å². The van der Waals surface area contributed by atoms with Crippen molar-refractivity contribution in [3.8, 4) is 0 Å². The molecule has 2 aromatic rings. The average Bonchev–Trinajstić information content (AvgIpc) is 2.47. The molecule has 0 radical (unpaired) electrons. The van der Waals surface area contributed by atoms with E-state index in [4.69, 9.17) is 4.11 Å². The largest absolute Gasteiger partial charge is 0.204 e. The summed E-state index contributed by atoms with van der Waals surface area (Å²) in [6.07, 6.45) is 0. The first kappa shape index (κ1) is 8.70. The molecule has 0 aliphatic carbocycles. The van der Waals surface area contributed by atoms with Gasteiger partial charge in [0.05, 0.1) is 0 Å². The second-order valence-electron chi connectivity index (χ2n) is 4.11. The number of thioether (sulfide) groups is 1. The highest BCUT2D eigenvalue weighted by molar-refractivity contribution is 7.98. The van der Waals surface area contributed by atoms with Crippen LogP contribution in [0.5, 0.6) is 0 Å². The van der Waals surface area contributed by atoms with E-state index in [9.17, 15) is 8.78 Å². The van der Waals surface area contributed by atoms with Crippen molar-refractivity contribution in [1.29, 1.82) is 0 Å². The summed E-state index contributed by atoms with van der Waals surface area (Å²) >= 11 is 0.810. The second-order valence-corrected chi connectivity index (χ2v) is 4.96. The Morgan fingerprint density at radius 2 is 2.00 bits per heavy atom. The minimum atomic E-state index is -2.14. The van der Waals surface area contributed by atoms with Crippen LogP contribution in [0.15, 0.2) is 41.3 Å².